The molecule has 0 aliphatic heterocycles. The lowest BCUT2D eigenvalue weighted by atomic mass is 10.2. The Morgan fingerprint density at radius 1 is 1.25 bits per heavy atom. The van der Waals surface area contributed by atoms with Crippen LogP contribution >= 0.6 is 11.6 Å². The zero-order valence-electron chi connectivity index (χ0n) is 11.7. The first-order valence-corrected chi connectivity index (χ1v) is 6.22. The SMILES string of the molecule is COCCN=C(NN)Nc1cc(OC)c(Cl)cc1OC. The summed E-state index contributed by atoms with van der Waals surface area (Å²) in [6.07, 6.45) is 0. The molecule has 0 spiro atoms. The maximum absolute atomic E-state index is 6.03. The molecule has 4 N–H and O–H groups in total. The minimum Gasteiger partial charge on any atom is -0.495 e. The van der Waals surface area contributed by atoms with E-state index in [9.17, 15) is 0 Å². The molecular formula is C12H19ClN4O3. The summed E-state index contributed by atoms with van der Waals surface area (Å²) in [4.78, 5) is 4.20. The summed E-state index contributed by atoms with van der Waals surface area (Å²) < 4.78 is 15.3. The summed E-state index contributed by atoms with van der Waals surface area (Å²) in [5.41, 5.74) is 3.09. The lowest BCUT2D eigenvalue weighted by Crippen LogP contribution is -2.36. The molecule has 1 aromatic carbocycles. The minimum absolute atomic E-state index is 0.379. The van der Waals surface area contributed by atoms with Crippen LogP contribution in [-0.2, 0) is 4.74 Å². The van der Waals surface area contributed by atoms with Gasteiger partial charge in [-0.3, -0.25) is 5.43 Å². The third-order valence-corrected chi connectivity index (χ3v) is 2.72. The van der Waals surface area contributed by atoms with Crippen molar-refractivity contribution >= 4 is 23.2 Å². The van der Waals surface area contributed by atoms with E-state index in [1.54, 1.807) is 26.4 Å². The van der Waals surface area contributed by atoms with Crippen molar-refractivity contribution in [2.24, 2.45) is 10.8 Å². The van der Waals surface area contributed by atoms with Gasteiger partial charge in [-0.05, 0) is 0 Å². The zero-order chi connectivity index (χ0) is 15.0. The highest BCUT2D eigenvalue weighted by molar-refractivity contribution is 6.32. The maximum atomic E-state index is 6.03. The van der Waals surface area contributed by atoms with Crippen LogP contribution in [0.5, 0.6) is 11.5 Å². The largest absolute Gasteiger partial charge is 0.495 e. The summed E-state index contributed by atoms with van der Waals surface area (Å²) in [5, 5.41) is 3.46. The van der Waals surface area contributed by atoms with Gasteiger partial charge in [0.05, 0.1) is 38.1 Å². The molecule has 0 fully saturated rings. The third-order valence-electron chi connectivity index (χ3n) is 2.43. The number of nitrogens with two attached hydrogens (primary N) is 1. The standard InChI is InChI=1S/C12H19ClN4O3/c1-18-5-4-15-12(17-14)16-9-7-10(19-2)8(13)6-11(9)20-3/h6-7H,4-5,14H2,1-3H3,(H2,15,16,17). The maximum Gasteiger partial charge on any atom is 0.210 e. The fourth-order valence-electron chi connectivity index (χ4n) is 1.46. The van der Waals surface area contributed by atoms with E-state index < -0.39 is 0 Å². The lowest BCUT2D eigenvalue weighted by Gasteiger charge is -2.15. The number of ether oxygens (including phenoxy) is 3. The molecule has 1 aromatic rings. The number of benzene rings is 1. The summed E-state index contributed by atoms with van der Waals surface area (Å²) in [6.45, 7) is 0.962. The summed E-state index contributed by atoms with van der Waals surface area (Å²) in [5.74, 6) is 6.86. The molecule has 0 radical (unpaired) electrons. The van der Waals surface area contributed by atoms with E-state index in [4.69, 9.17) is 31.7 Å². The Morgan fingerprint density at radius 3 is 2.50 bits per heavy atom. The molecule has 0 bridgehead atoms. The van der Waals surface area contributed by atoms with E-state index in [0.717, 1.165) is 0 Å². The number of guanidine groups is 1. The molecule has 0 saturated carbocycles. The number of halogens is 1. The number of anilines is 1. The number of methoxy groups -OCH3 is 3. The van der Waals surface area contributed by atoms with Crippen molar-refractivity contribution < 1.29 is 14.2 Å². The Balaban J connectivity index is 2.96. The third kappa shape index (κ3) is 4.44. The quantitative estimate of drug-likeness (QED) is 0.241. The molecule has 0 unspecified atom stereocenters. The molecule has 1 rings (SSSR count). The molecule has 8 heteroatoms. The van der Waals surface area contributed by atoms with Crippen LogP contribution in [0.4, 0.5) is 5.69 Å². The van der Waals surface area contributed by atoms with Crippen LogP contribution in [0.3, 0.4) is 0 Å². The van der Waals surface area contributed by atoms with E-state index in [1.807, 2.05) is 0 Å². The number of aliphatic imine (C=N–C) groups is 1. The average Bonchev–Trinajstić information content (AvgIpc) is 2.47. The Hall–Kier alpha value is -1.70. The first kappa shape index (κ1) is 16.4. The van der Waals surface area contributed by atoms with Gasteiger partial charge < -0.3 is 19.5 Å². The highest BCUT2D eigenvalue weighted by atomic mass is 35.5. The smallest absolute Gasteiger partial charge is 0.210 e. The molecule has 7 nitrogen and oxygen atoms in total. The molecule has 0 aliphatic rings. The topological polar surface area (TPSA) is 90.1 Å². The van der Waals surface area contributed by atoms with E-state index in [0.29, 0.717) is 41.3 Å². The summed E-state index contributed by atoms with van der Waals surface area (Å²) >= 11 is 6.03. The van der Waals surface area contributed by atoms with Crippen molar-refractivity contribution in [1.82, 2.24) is 5.43 Å². The number of rotatable bonds is 6. The Kier molecular flexibility index (Phi) is 6.92. The normalized spacial score (nSPS) is 11.2. The van der Waals surface area contributed by atoms with Crippen LogP contribution in [-0.4, -0.2) is 40.4 Å². The van der Waals surface area contributed by atoms with Gasteiger partial charge in [0, 0.05) is 19.2 Å². The van der Waals surface area contributed by atoms with Gasteiger partial charge in [0.15, 0.2) is 0 Å². The second kappa shape index (κ2) is 8.47. The predicted molar refractivity (Wildman–Crippen MR) is 79.7 cm³/mol. The summed E-state index contributed by atoms with van der Waals surface area (Å²) in [6, 6.07) is 3.34. The van der Waals surface area contributed by atoms with Crippen LogP contribution < -0.4 is 26.1 Å². The summed E-state index contributed by atoms with van der Waals surface area (Å²) in [7, 11) is 4.68. The molecule has 0 aromatic heterocycles. The van der Waals surface area contributed by atoms with Crippen molar-refractivity contribution in [1.29, 1.82) is 0 Å². The number of nitrogens with zero attached hydrogens (tertiary/aromatic N) is 1. The van der Waals surface area contributed by atoms with Crippen LogP contribution in [0.15, 0.2) is 17.1 Å². The monoisotopic (exact) mass is 302 g/mol. The average molecular weight is 303 g/mol. The Labute approximate surface area is 123 Å². The zero-order valence-corrected chi connectivity index (χ0v) is 12.5. The molecule has 0 amide bonds. The van der Waals surface area contributed by atoms with Crippen molar-refractivity contribution in [2.75, 3.05) is 39.8 Å². The van der Waals surface area contributed by atoms with Crippen LogP contribution in [0, 0.1) is 0 Å². The van der Waals surface area contributed by atoms with Gasteiger partial charge in [0.1, 0.15) is 11.5 Å². The Morgan fingerprint density at radius 2 is 1.95 bits per heavy atom. The lowest BCUT2D eigenvalue weighted by molar-refractivity contribution is 0.208. The Bertz CT molecular complexity index is 468. The van der Waals surface area contributed by atoms with E-state index in [1.165, 1.54) is 7.11 Å². The number of nitrogens with one attached hydrogen (secondary N) is 2. The fourth-order valence-corrected chi connectivity index (χ4v) is 1.69. The van der Waals surface area contributed by atoms with Gasteiger partial charge >= 0.3 is 0 Å². The molecule has 0 saturated heterocycles. The molecule has 112 valence electrons. The number of hydrogen-bond donors (Lipinski definition) is 3. The molecule has 0 aliphatic carbocycles. The van der Waals surface area contributed by atoms with Gasteiger partial charge in [-0.15, -0.1) is 0 Å². The minimum atomic E-state index is 0.379. The van der Waals surface area contributed by atoms with Crippen LogP contribution in [0.2, 0.25) is 5.02 Å². The number of hydrazine groups is 1. The van der Waals surface area contributed by atoms with Gasteiger partial charge in [-0.25, -0.2) is 10.8 Å². The van der Waals surface area contributed by atoms with Crippen molar-refractivity contribution in [2.45, 2.75) is 0 Å². The molecular weight excluding hydrogens is 284 g/mol. The van der Waals surface area contributed by atoms with Crippen molar-refractivity contribution in [3.63, 3.8) is 0 Å². The van der Waals surface area contributed by atoms with Crippen molar-refractivity contribution in [3.8, 4) is 11.5 Å². The molecule has 0 atom stereocenters. The number of hydrogen-bond acceptors (Lipinski definition) is 5. The molecule has 0 heterocycles. The van der Waals surface area contributed by atoms with Crippen molar-refractivity contribution in [3.05, 3.63) is 17.2 Å². The highest BCUT2D eigenvalue weighted by Crippen LogP contribution is 2.35. The van der Waals surface area contributed by atoms with E-state index in [2.05, 4.69) is 15.7 Å². The van der Waals surface area contributed by atoms with E-state index >= 15 is 0 Å². The first-order chi connectivity index (χ1) is 9.65. The molecule has 20 heavy (non-hydrogen) atoms. The van der Waals surface area contributed by atoms with Crippen LogP contribution in [0.25, 0.3) is 0 Å². The second-order valence-electron chi connectivity index (χ2n) is 3.68. The van der Waals surface area contributed by atoms with Gasteiger partial charge in [-0.2, -0.15) is 0 Å². The fraction of sp³-hybridized carbons (Fsp3) is 0.417. The second-order valence-corrected chi connectivity index (χ2v) is 4.09. The van der Waals surface area contributed by atoms with Crippen LogP contribution in [0.1, 0.15) is 0 Å². The first-order valence-electron chi connectivity index (χ1n) is 5.84. The predicted octanol–water partition coefficient (Wildman–Crippen LogP) is 1.23. The van der Waals surface area contributed by atoms with Gasteiger partial charge in [0.2, 0.25) is 5.96 Å². The highest BCUT2D eigenvalue weighted by Gasteiger charge is 2.11. The van der Waals surface area contributed by atoms with E-state index in [-0.39, 0.29) is 0 Å². The van der Waals surface area contributed by atoms with Gasteiger partial charge in [0.25, 0.3) is 0 Å². The van der Waals surface area contributed by atoms with Gasteiger partial charge in [-0.1, -0.05) is 11.6 Å².